The molecule has 2 aromatic carbocycles. The molecule has 2 atom stereocenters. The quantitative estimate of drug-likeness (QED) is 0.543. The zero-order valence-electron chi connectivity index (χ0n) is 16.9. The molecule has 0 saturated heterocycles. The van der Waals surface area contributed by atoms with Crippen LogP contribution in [0.3, 0.4) is 0 Å². The summed E-state index contributed by atoms with van der Waals surface area (Å²) in [6, 6.07) is 15.2. The van der Waals surface area contributed by atoms with Gasteiger partial charge in [0.05, 0.1) is 39.1 Å². The number of nitrogens with zero attached hydrogens (tertiary/aromatic N) is 1. The number of methoxy groups -OCH3 is 3. The van der Waals surface area contributed by atoms with Gasteiger partial charge in [-0.1, -0.05) is 23.7 Å². The fourth-order valence-electron chi connectivity index (χ4n) is 3.88. The van der Waals surface area contributed by atoms with Gasteiger partial charge in [0.2, 0.25) is 0 Å². The van der Waals surface area contributed by atoms with Crippen LogP contribution in [0.1, 0.15) is 35.4 Å². The minimum absolute atomic E-state index is 0.0744. The van der Waals surface area contributed by atoms with Gasteiger partial charge < -0.3 is 23.5 Å². The zero-order chi connectivity index (χ0) is 21.3. The second-order valence-corrected chi connectivity index (χ2v) is 7.31. The van der Waals surface area contributed by atoms with Crippen molar-refractivity contribution in [2.75, 3.05) is 21.3 Å². The predicted octanol–water partition coefficient (Wildman–Crippen LogP) is 4.87. The van der Waals surface area contributed by atoms with E-state index in [0.717, 1.165) is 22.5 Å². The van der Waals surface area contributed by atoms with Crippen LogP contribution in [0.15, 0.2) is 54.7 Å². The Morgan fingerprint density at radius 1 is 1.07 bits per heavy atom. The van der Waals surface area contributed by atoms with Crippen LogP contribution in [0.5, 0.6) is 11.5 Å². The number of ether oxygens (including phenoxy) is 4. The summed E-state index contributed by atoms with van der Waals surface area (Å²) in [6.45, 7) is 0. The van der Waals surface area contributed by atoms with Gasteiger partial charge >= 0.3 is 5.97 Å². The fourth-order valence-corrected chi connectivity index (χ4v) is 4.07. The summed E-state index contributed by atoms with van der Waals surface area (Å²) in [5.74, 6) is 0.808. The van der Waals surface area contributed by atoms with Crippen LogP contribution >= 0.6 is 11.6 Å². The Morgan fingerprint density at radius 3 is 2.63 bits per heavy atom. The van der Waals surface area contributed by atoms with Crippen molar-refractivity contribution in [3.05, 3.63) is 76.6 Å². The second-order valence-electron chi connectivity index (χ2n) is 6.87. The maximum Gasteiger partial charge on any atom is 0.308 e. The van der Waals surface area contributed by atoms with Crippen molar-refractivity contribution in [1.82, 2.24) is 4.57 Å². The zero-order valence-corrected chi connectivity index (χ0v) is 17.7. The molecule has 3 aromatic rings. The first-order valence-corrected chi connectivity index (χ1v) is 9.85. The number of benzene rings is 2. The number of hydrogen-bond acceptors (Lipinski definition) is 5. The van der Waals surface area contributed by atoms with Gasteiger partial charge in [-0.15, -0.1) is 0 Å². The number of halogens is 1. The monoisotopic (exact) mass is 427 g/mol. The van der Waals surface area contributed by atoms with E-state index in [-0.39, 0.29) is 12.4 Å². The van der Waals surface area contributed by atoms with Crippen LogP contribution < -0.4 is 9.47 Å². The lowest BCUT2D eigenvalue weighted by Crippen LogP contribution is -2.15. The molecule has 156 valence electrons. The van der Waals surface area contributed by atoms with Crippen molar-refractivity contribution in [2.24, 2.45) is 0 Å². The molecule has 0 aliphatic carbocycles. The summed E-state index contributed by atoms with van der Waals surface area (Å²) >= 11 is 6.36. The Bertz CT molecular complexity index is 1080. The fraction of sp³-hybridized carbons (Fsp3) is 0.261. The van der Waals surface area contributed by atoms with E-state index in [0.29, 0.717) is 16.5 Å². The molecule has 1 aliphatic heterocycles. The third-order valence-corrected chi connectivity index (χ3v) is 5.47. The van der Waals surface area contributed by atoms with Crippen LogP contribution in [0.2, 0.25) is 5.02 Å². The molecular weight excluding hydrogens is 406 g/mol. The molecule has 0 fully saturated rings. The van der Waals surface area contributed by atoms with Crippen molar-refractivity contribution in [3.63, 3.8) is 0 Å². The molecule has 7 heteroatoms. The minimum Gasteiger partial charge on any atom is -0.493 e. The van der Waals surface area contributed by atoms with Gasteiger partial charge in [-0.25, -0.2) is 0 Å². The maximum atomic E-state index is 12.1. The van der Waals surface area contributed by atoms with E-state index >= 15 is 0 Å². The molecule has 4 rings (SSSR count). The molecule has 1 aliphatic rings. The Labute approximate surface area is 179 Å². The van der Waals surface area contributed by atoms with Crippen molar-refractivity contribution in [1.29, 1.82) is 0 Å². The number of rotatable bonds is 5. The molecule has 2 heterocycles. The number of para-hydroxylation sites is 1. The van der Waals surface area contributed by atoms with Crippen LogP contribution in [0.25, 0.3) is 5.69 Å². The summed E-state index contributed by atoms with van der Waals surface area (Å²) in [4.78, 5) is 12.1. The van der Waals surface area contributed by atoms with Crippen LogP contribution in [0.4, 0.5) is 0 Å². The van der Waals surface area contributed by atoms with E-state index in [2.05, 4.69) is 0 Å². The lowest BCUT2D eigenvalue weighted by Gasteiger charge is -2.25. The highest BCUT2D eigenvalue weighted by molar-refractivity contribution is 6.30. The maximum absolute atomic E-state index is 12.1. The molecule has 0 spiro atoms. The molecule has 30 heavy (non-hydrogen) atoms. The number of hydrogen-bond donors (Lipinski definition) is 0. The van der Waals surface area contributed by atoms with E-state index in [4.69, 9.17) is 30.5 Å². The van der Waals surface area contributed by atoms with Gasteiger partial charge in [0.1, 0.15) is 12.2 Å². The Kier molecular flexibility index (Phi) is 5.70. The summed E-state index contributed by atoms with van der Waals surface area (Å²) in [7, 11) is 4.55. The molecule has 0 radical (unpaired) electrons. The molecule has 0 unspecified atom stereocenters. The largest absolute Gasteiger partial charge is 0.493 e. The highest BCUT2D eigenvalue weighted by Crippen LogP contribution is 2.46. The SMILES string of the molecule is COC(=O)C[C@@H]1O[C@@H](c2cccc(OC)c2OC)c2cc(Cl)ccc2-n2cccc21. The van der Waals surface area contributed by atoms with Gasteiger partial charge in [0.15, 0.2) is 11.5 Å². The second kappa shape index (κ2) is 8.42. The van der Waals surface area contributed by atoms with Crippen LogP contribution in [-0.2, 0) is 14.3 Å². The van der Waals surface area contributed by atoms with Crippen LogP contribution in [-0.4, -0.2) is 31.9 Å². The molecule has 0 amide bonds. The van der Waals surface area contributed by atoms with Gasteiger partial charge in [-0.3, -0.25) is 4.79 Å². The van der Waals surface area contributed by atoms with E-state index in [9.17, 15) is 4.79 Å². The first kappa shape index (κ1) is 20.3. The summed E-state index contributed by atoms with van der Waals surface area (Å²) in [5.41, 5.74) is 3.41. The smallest absolute Gasteiger partial charge is 0.308 e. The van der Waals surface area contributed by atoms with E-state index in [1.54, 1.807) is 14.2 Å². The molecular formula is C23H22ClNO5. The van der Waals surface area contributed by atoms with E-state index in [1.807, 2.05) is 59.3 Å². The Balaban J connectivity index is 1.93. The lowest BCUT2D eigenvalue weighted by atomic mass is 9.98. The number of aromatic nitrogens is 1. The van der Waals surface area contributed by atoms with E-state index < -0.39 is 12.2 Å². The van der Waals surface area contributed by atoms with Crippen molar-refractivity contribution in [2.45, 2.75) is 18.6 Å². The lowest BCUT2D eigenvalue weighted by molar-refractivity contribution is -0.145. The van der Waals surface area contributed by atoms with E-state index in [1.165, 1.54) is 7.11 Å². The first-order valence-electron chi connectivity index (χ1n) is 9.47. The predicted molar refractivity (Wildman–Crippen MR) is 113 cm³/mol. The van der Waals surface area contributed by atoms with Crippen molar-refractivity contribution in [3.8, 4) is 17.2 Å². The molecule has 1 aromatic heterocycles. The summed E-state index contributed by atoms with van der Waals surface area (Å²) < 4.78 is 24.6. The first-order chi connectivity index (χ1) is 14.6. The molecule has 0 N–H and O–H groups in total. The topological polar surface area (TPSA) is 58.9 Å². The average Bonchev–Trinajstić information content (AvgIpc) is 3.21. The van der Waals surface area contributed by atoms with Gasteiger partial charge in [0, 0.05) is 22.3 Å². The summed E-state index contributed by atoms with van der Waals surface area (Å²) in [5, 5.41) is 0.587. The Morgan fingerprint density at radius 2 is 1.90 bits per heavy atom. The van der Waals surface area contributed by atoms with Gasteiger partial charge in [0.25, 0.3) is 0 Å². The number of carbonyl (C=O) groups excluding carboxylic acids is 1. The highest BCUT2D eigenvalue weighted by Gasteiger charge is 2.34. The van der Waals surface area contributed by atoms with Crippen molar-refractivity contribution >= 4 is 17.6 Å². The normalized spacial score (nSPS) is 17.5. The third-order valence-electron chi connectivity index (χ3n) is 5.24. The van der Waals surface area contributed by atoms with Crippen molar-refractivity contribution < 1.29 is 23.7 Å². The number of fused-ring (bicyclic) bond motifs is 3. The average molecular weight is 428 g/mol. The molecule has 0 saturated carbocycles. The standard InChI is InChI=1S/C23H22ClNO5/c1-27-19-8-4-6-15(23(19)29-3)22-16-12-14(24)9-10-17(16)25-11-5-7-18(25)20(30-22)13-21(26)28-2/h4-12,20,22H,13H2,1-3H3/t20-,22-/m0/s1. The third kappa shape index (κ3) is 3.53. The summed E-state index contributed by atoms with van der Waals surface area (Å²) in [6.07, 6.45) is 0.948. The number of esters is 1. The minimum atomic E-state index is -0.543. The Hall–Kier alpha value is -2.96. The van der Waals surface area contributed by atoms with Gasteiger partial charge in [-0.2, -0.15) is 0 Å². The van der Waals surface area contributed by atoms with Gasteiger partial charge in [-0.05, 0) is 36.4 Å². The molecule has 0 bridgehead atoms. The highest BCUT2D eigenvalue weighted by atomic mass is 35.5. The molecule has 6 nitrogen and oxygen atoms in total. The number of carbonyl (C=O) groups is 1. The van der Waals surface area contributed by atoms with Crippen LogP contribution in [0, 0.1) is 0 Å².